The number of thiophene rings is 1. The van der Waals surface area contributed by atoms with Gasteiger partial charge in [0.2, 0.25) is 0 Å². The standard InChI is InChI=1S/C8H10OS/c1-6(7(2)9)8-3-4-10-5-8/h3-6H,1-2H3/t6-/m0/s1. The summed E-state index contributed by atoms with van der Waals surface area (Å²) < 4.78 is 0. The van der Waals surface area contributed by atoms with E-state index >= 15 is 0 Å². The molecule has 1 rings (SSSR count). The minimum absolute atomic E-state index is 0.0752. The van der Waals surface area contributed by atoms with Gasteiger partial charge in [0.25, 0.3) is 0 Å². The summed E-state index contributed by atoms with van der Waals surface area (Å²) in [6, 6.07) is 2.00. The van der Waals surface area contributed by atoms with Crippen LogP contribution >= 0.6 is 11.3 Å². The lowest BCUT2D eigenvalue weighted by atomic mass is 10.0. The number of carbonyl (C=O) groups is 1. The molecule has 0 fully saturated rings. The normalized spacial score (nSPS) is 13.0. The Bertz CT molecular complexity index is 213. The highest BCUT2D eigenvalue weighted by Crippen LogP contribution is 2.18. The van der Waals surface area contributed by atoms with Crippen molar-refractivity contribution in [3.63, 3.8) is 0 Å². The fourth-order valence-electron chi connectivity index (χ4n) is 0.756. The van der Waals surface area contributed by atoms with Crippen molar-refractivity contribution in [3.05, 3.63) is 22.4 Å². The molecule has 1 aromatic rings. The molecule has 0 amide bonds. The molecule has 1 atom stereocenters. The first kappa shape index (κ1) is 7.48. The van der Waals surface area contributed by atoms with Crippen LogP contribution in [0, 0.1) is 0 Å². The molecule has 1 aromatic heterocycles. The first-order chi connectivity index (χ1) is 4.72. The second kappa shape index (κ2) is 2.97. The summed E-state index contributed by atoms with van der Waals surface area (Å²) in [5, 5.41) is 4.01. The van der Waals surface area contributed by atoms with Gasteiger partial charge in [-0.05, 0) is 29.3 Å². The minimum Gasteiger partial charge on any atom is -0.299 e. The molecule has 0 spiro atoms. The fourth-order valence-corrected chi connectivity index (χ4v) is 1.51. The minimum atomic E-state index is 0.0752. The summed E-state index contributed by atoms with van der Waals surface area (Å²) in [4.78, 5) is 10.8. The van der Waals surface area contributed by atoms with Crippen LogP contribution in [0.2, 0.25) is 0 Å². The summed E-state index contributed by atoms with van der Waals surface area (Å²) in [5.74, 6) is 0.310. The molecule has 1 heterocycles. The molecule has 0 aromatic carbocycles. The summed E-state index contributed by atoms with van der Waals surface area (Å²) >= 11 is 1.63. The topological polar surface area (TPSA) is 17.1 Å². The molecule has 0 aliphatic rings. The number of carbonyl (C=O) groups excluding carboxylic acids is 1. The maximum Gasteiger partial charge on any atom is 0.137 e. The molecule has 1 nitrogen and oxygen atoms in total. The molecular weight excluding hydrogens is 144 g/mol. The third-order valence-corrected chi connectivity index (χ3v) is 2.35. The highest BCUT2D eigenvalue weighted by atomic mass is 32.1. The molecule has 0 aliphatic heterocycles. The van der Waals surface area contributed by atoms with Gasteiger partial charge < -0.3 is 0 Å². The lowest BCUT2D eigenvalue weighted by Crippen LogP contribution is -2.01. The Kier molecular flexibility index (Phi) is 2.22. The van der Waals surface area contributed by atoms with E-state index in [0.717, 1.165) is 5.56 Å². The van der Waals surface area contributed by atoms with Crippen LogP contribution in [0.25, 0.3) is 0 Å². The highest BCUT2D eigenvalue weighted by molar-refractivity contribution is 7.08. The van der Waals surface area contributed by atoms with E-state index < -0.39 is 0 Å². The van der Waals surface area contributed by atoms with E-state index in [1.54, 1.807) is 18.3 Å². The van der Waals surface area contributed by atoms with Gasteiger partial charge in [-0.3, -0.25) is 4.79 Å². The Morgan fingerprint density at radius 1 is 1.70 bits per heavy atom. The van der Waals surface area contributed by atoms with E-state index in [9.17, 15) is 4.79 Å². The second-order valence-corrected chi connectivity index (χ2v) is 3.17. The predicted molar refractivity (Wildman–Crippen MR) is 43.4 cm³/mol. The number of hydrogen-bond acceptors (Lipinski definition) is 2. The third-order valence-electron chi connectivity index (χ3n) is 1.65. The van der Waals surface area contributed by atoms with Gasteiger partial charge in [0.1, 0.15) is 5.78 Å². The average molecular weight is 154 g/mol. The molecule has 0 bridgehead atoms. The van der Waals surface area contributed by atoms with E-state index in [-0.39, 0.29) is 11.7 Å². The van der Waals surface area contributed by atoms with Crippen molar-refractivity contribution in [2.75, 3.05) is 0 Å². The van der Waals surface area contributed by atoms with Crippen molar-refractivity contribution >= 4 is 17.1 Å². The first-order valence-electron chi connectivity index (χ1n) is 3.24. The van der Waals surface area contributed by atoms with Crippen LogP contribution in [0.4, 0.5) is 0 Å². The van der Waals surface area contributed by atoms with Gasteiger partial charge >= 0.3 is 0 Å². The summed E-state index contributed by atoms with van der Waals surface area (Å²) in [6.45, 7) is 3.56. The molecule has 0 saturated heterocycles. The van der Waals surface area contributed by atoms with E-state index in [4.69, 9.17) is 0 Å². The Labute approximate surface area is 64.7 Å². The van der Waals surface area contributed by atoms with E-state index in [2.05, 4.69) is 0 Å². The van der Waals surface area contributed by atoms with Crippen molar-refractivity contribution in [1.82, 2.24) is 0 Å². The zero-order valence-electron chi connectivity index (χ0n) is 6.13. The van der Waals surface area contributed by atoms with Crippen LogP contribution in [0.15, 0.2) is 16.8 Å². The third kappa shape index (κ3) is 1.45. The van der Waals surface area contributed by atoms with Crippen LogP contribution in [0.3, 0.4) is 0 Å². The molecule has 2 heteroatoms. The number of rotatable bonds is 2. The molecule has 54 valence electrons. The smallest absolute Gasteiger partial charge is 0.137 e. The SMILES string of the molecule is CC(=O)[C@H](C)c1ccsc1. The molecule has 0 saturated carbocycles. The molecule has 0 radical (unpaired) electrons. The zero-order chi connectivity index (χ0) is 7.56. The van der Waals surface area contributed by atoms with Crippen LogP contribution < -0.4 is 0 Å². The lowest BCUT2D eigenvalue weighted by Gasteiger charge is -2.02. The molecule has 0 N–H and O–H groups in total. The number of Topliss-reactive ketones (excluding diaryl/α,β-unsaturated/α-hetero) is 1. The van der Waals surface area contributed by atoms with Crippen molar-refractivity contribution < 1.29 is 4.79 Å². The highest BCUT2D eigenvalue weighted by Gasteiger charge is 2.09. The lowest BCUT2D eigenvalue weighted by molar-refractivity contribution is -0.118. The maximum absolute atomic E-state index is 10.8. The van der Waals surface area contributed by atoms with Crippen LogP contribution in [-0.4, -0.2) is 5.78 Å². The van der Waals surface area contributed by atoms with E-state index in [1.165, 1.54) is 0 Å². The van der Waals surface area contributed by atoms with Gasteiger partial charge in [0.05, 0.1) is 0 Å². The second-order valence-electron chi connectivity index (χ2n) is 2.39. The van der Waals surface area contributed by atoms with Crippen molar-refractivity contribution in [2.45, 2.75) is 19.8 Å². The Morgan fingerprint density at radius 2 is 2.40 bits per heavy atom. The quantitative estimate of drug-likeness (QED) is 0.639. The summed E-state index contributed by atoms with van der Waals surface area (Å²) in [6.07, 6.45) is 0. The van der Waals surface area contributed by atoms with E-state index in [1.807, 2.05) is 23.8 Å². The number of ketones is 1. The maximum atomic E-state index is 10.8. The van der Waals surface area contributed by atoms with Crippen molar-refractivity contribution in [1.29, 1.82) is 0 Å². The number of hydrogen-bond donors (Lipinski definition) is 0. The van der Waals surface area contributed by atoms with E-state index in [0.29, 0.717) is 0 Å². The van der Waals surface area contributed by atoms with Crippen LogP contribution in [0.1, 0.15) is 25.3 Å². The summed E-state index contributed by atoms with van der Waals surface area (Å²) in [7, 11) is 0. The van der Waals surface area contributed by atoms with Crippen molar-refractivity contribution in [3.8, 4) is 0 Å². The zero-order valence-corrected chi connectivity index (χ0v) is 6.94. The Balaban J connectivity index is 2.77. The fraction of sp³-hybridized carbons (Fsp3) is 0.375. The monoisotopic (exact) mass is 154 g/mol. The van der Waals surface area contributed by atoms with Gasteiger partial charge in [-0.15, -0.1) is 0 Å². The Morgan fingerprint density at radius 3 is 2.80 bits per heavy atom. The van der Waals surface area contributed by atoms with Gasteiger partial charge in [-0.25, -0.2) is 0 Å². The first-order valence-corrected chi connectivity index (χ1v) is 4.18. The van der Waals surface area contributed by atoms with Gasteiger partial charge in [-0.1, -0.05) is 6.92 Å². The largest absolute Gasteiger partial charge is 0.299 e. The summed E-state index contributed by atoms with van der Waals surface area (Å²) in [5.41, 5.74) is 1.14. The average Bonchev–Trinajstić information content (AvgIpc) is 2.36. The molecular formula is C8H10OS. The molecule has 0 aliphatic carbocycles. The molecule has 10 heavy (non-hydrogen) atoms. The Hall–Kier alpha value is -0.630. The van der Waals surface area contributed by atoms with Crippen molar-refractivity contribution in [2.24, 2.45) is 0 Å². The van der Waals surface area contributed by atoms with Gasteiger partial charge in [0, 0.05) is 5.92 Å². The van der Waals surface area contributed by atoms with Crippen LogP contribution in [0.5, 0.6) is 0 Å². The van der Waals surface area contributed by atoms with Gasteiger partial charge in [0.15, 0.2) is 0 Å². The van der Waals surface area contributed by atoms with Crippen LogP contribution in [-0.2, 0) is 4.79 Å². The predicted octanol–water partition coefficient (Wildman–Crippen LogP) is 2.44. The van der Waals surface area contributed by atoms with Gasteiger partial charge in [-0.2, -0.15) is 11.3 Å². The molecule has 0 unspecified atom stereocenters.